The first-order valence-electron chi connectivity index (χ1n) is 7.64. The Morgan fingerprint density at radius 3 is 2.50 bits per heavy atom. The molecule has 0 amide bonds. The molecule has 0 spiro atoms. The molecule has 0 N–H and O–H groups in total. The molecule has 0 aromatic carbocycles. The van der Waals surface area contributed by atoms with E-state index in [0.29, 0.717) is 30.4 Å². The van der Waals surface area contributed by atoms with Gasteiger partial charge in [0.2, 0.25) is 0 Å². The standard InChI is InChI=1S/C16H15FN6O/c17-12-10-18-11-19-16(12)23-7-5-22(6-8-23)15-4-3-13(20-21-15)14-2-1-9-24-14/h1-4,9-11H,5-8H2. The molecule has 0 saturated carbocycles. The molecule has 1 aliphatic rings. The molecule has 4 heterocycles. The second-order valence-corrected chi connectivity index (χ2v) is 5.42. The minimum absolute atomic E-state index is 0.351. The Morgan fingerprint density at radius 1 is 1.00 bits per heavy atom. The van der Waals surface area contributed by atoms with Gasteiger partial charge in [-0.3, -0.25) is 0 Å². The maximum Gasteiger partial charge on any atom is 0.183 e. The minimum Gasteiger partial charge on any atom is -0.463 e. The highest BCUT2D eigenvalue weighted by molar-refractivity contribution is 5.53. The SMILES string of the molecule is Fc1cncnc1N1CCN(c2ccc(-c3ccco3)nn2)CC1. The molecule has 0 atom stereocenters. The van der Waals surface area contributed by atoms with Crippen molar-refractivity contribution in [1.82, 2.24) is 20.2 Å². The summed E-state index contributed by atoms with van der Waals surface area (Å²) in [6, 6.07) is 7.47. The zero-order valence-electron chi connectivity index (χ0n) is 12.8. The van der Waals surface area contributed by atoms with Crippen LogP contribution in [0.15, 0.2) is 47.5 Å². The summed E-state index contributed by atoms with van der Waals surface area (Å²) in [6.07, 6.45) is 4.16. The predicted octanol–water partition coefficient (Wildman–Crippen LogP) is 1.99. The fourth-order valence-electron chi connectivity index (χ4n) is 2.74. The summed E-state index contributed by atoms with van der Waals surface area (Å²) < 4.78 is 19.1. The van der Waals surface area contributed by atoms with Crippen molar-refractivity contribution in [2.75, 3.05) is 36.0 Å². The molecule has 1 saturated heterocycles. The molecule has 4 rings (SSSR count). The third-order valence-electron chi connectivity index (χ3n) is 3.98. The summed E-state index contributed by atoms with van der Waals surface area (Å²) in [5.41, 5.74) is 0.699. The van der Waals surface area contributed by atoms with Crippen LogP contribution in [0.3, 0.4) is 0 Å². The lowest BCUT2D eigenvalue weighted by Gasteiger charge is -2.35. The minimum atomic E-state index is -0.395. The maximum atomic E-state index is 13.8. The van der Waals surface area contributed by atoms with E-state index in [9.17, 15) is 4.39 Å². The van der Waals surface area contributed by atoms with Crippen molar-refractivity contribution >= 4 is 11.6 Å². The van der Waals surface area contributed by atoms with Gasteiger partial charge in [0.1, 0.15) is 12.0 Å². The number of piperazine rings is 1. The van der Waals surface area contributed by atoms with Gasteiger partial charge in [-0.2, -0.15) is 0 Å². The fraction of sp³-hybridized carbons (Fsp3) is 0.250. The Bertz CT molecular complexity index is 800. The number of hydrogen-bond donors (Lipinski definition) is 0. The van der Waals surface area contributed by atoms with Crippen molar-refractivity contribution < 1.29 is 8.81 Å². The third-order valence-corrected chi connectivity index (χ3v) is 3.98. The molecule has 0 aliphatic carbocycles. The van der Waals surface area contributed by atoms with Gasteiger partial charge in [0.05, 0.1) is 12.5 Å². The summed E-state index contributed by atoms with van der Waals surface area (Å²) >= 11 is 0. The van der Waals surface area contributed by atoms with E-state index < -0.39 is 5.82 Å². The molecule has 0 unspecified atom stereocenters. The smallest absolute Gasteiger partial charge is 0.183 e. The van der Waals surface area contributed by atoms with E-state index in [2.05, 4.69) is 25.1 Å². The van der Waals surface area contributed by atoms with Gasteiger partial charge in [0.15, 0.2) is 23.2 Å². The molecule has 8 heteroatoms. The third kappa shape index (κ3) is 2.78. The number of nitrogens with zero attached hydrogens (tertiary/aromatic N) is 6. The number of rotatable bonds is 3. The molecule has 24 heavy (non-hydrogen) atoms. The second kappa shape index (κ2) is 6.23. The van der Waals surface area contributed by atoms with Crippen LogP contribution in [-0.2, 0) is 0 Å². The average Bonchev–Trinajstić information content (AvgIpc) is 3.17. The van der Waals surface area contributed by atoms with E-state index in [1.54, 1.807) is 6.26 Å². The first kappa shape index (κ1) is 14.6. The monoisotopic (exact) mass is 326 g/mol. The van der Waals surface area contributed by atoms with Crippen molar-refractivity contribution in [2.45, 2.75) is 0 Å². The van der Waals surface area contributed by atoms with Crippen molar-refractivity contribution in [3.63, 3.8) is 0 Å². The van der Waals surface area contributed by atoms with Crippen molar-refractivity contribution in [2.24, 2.45) is 0 Å². The molecule has 0 bridgehead atoms. The number of anilines is 2. The van der Waals surface area contributed by atoms with Crippen molar-refractivity contribution in [3.05, 3.63) is 48.9 Å². The van der Waals surface area contributed by atoms with E-state index >= 15 is 0 Å². The molecule has 3 aromatic rings. The van der Waals surface area contributed by atoms with E-state index in [1.165, 1.54) is 12.5 Å². The Kier molecular flexibility index (Phi) is 3.78. The van der Waals surface area contributed by atoms with Crippen LogP contribution < -0.4 is 9.80 Å². The van der Waals surface area contributed by atoms with Gasteiger partial charge in [-0.1, -0.05) is 0 Å². The Balaban J connectivity index is 1.43. The molecule has 7 nitrogen and oxygen atoms in total. The molecule has 0 radical (unpaired) electrons. The van der Waals surface area contributed by atoms with Gasteiger partial charge < -0.3 is 14.2 Å². The lowest BCUT2D eigenvalue weighted by atomic mass is 10.2. The topological polar surface area (TPSA) is 71.2 Å². The summed E-state index contributed by atoms with van der Waals surface area (Å²) in [5, 5.41) is 8.48. The Labute approximate surface area is 137 Å². The predicted molar refractivity (Wildman–Crippen MR) is 86.2 cm³/mol. The zero-order valence-corrected chi connectivity index (χ0v) is 12.8. The van der Waals surface area contributed by atoms with E-state index in [0.717, 1.165) is 18.9 Å². The van der Waals surface area contributed by atoms with Gasteiger partial charge in [0.25, 0.3) is 0 Å². The Morgan fingerprint density at radius 2 is 1.83 bits per heavy atom. The first-order chi connectivity index (χ1) is 11.8. The van der Waals surface area contributed by atoms with Crippen LogP contribution in [0.25, 0.3) is 11.5 Å². The van der Waals surface area contributed by atoms with Gasteiger partial charge in [0, 0.05) is 26.2 Å². The zero-order chi connectivity index (χ0) is 16.4. The summed E-state index contributed by atoms with van der Waals surface area (Å²) in [4.78, 5) is 11.7. The molecule has 122 valence electrons. The molecule has 3 aromatic heterocycles. The number of aromatic nitrogens is 4. The quantitative estimate of drug-likeness (QED) is 0.729. The van der Waals surface area contributed by atoms with Crippen molar-refractivity contribution in [3.8, 4) is 11.5 Å². The van der Waals surface area contributed by atoms with Crippen LogP contribution in [0.4, 0.5) is 16.0 Å². The van der Waals surface area contributed by atoms with E-state index in [4.69, 9.17) is 4.42 Å². The van der Waals surface area contributed by atoms with Gasteiger partial charge in [-0.05, 0) is 24.3 Å². The number of halogens is 1. The number of hydrogen-bond acceptors (Lipinski definition) is 7. The van der Waals surface area contributed by atoms with Crippen LogP contribution in [0, 0.1) is 5.82 Å². The largest absolute Gasteiger partial charge is 0.463 e. The van der Waals surface area contributed by atoms with E-state index in [-0.39, 0.29) is 0 Å². The van der Waals surface area contributed by atoms with Crippen molar-refractivity contribution in [1.29, 1.82) is 0 Å². The lowest BCUT2D eigenvalue weighted by Crippen LogP contribution is -2.47. The highest BCUT2D eigenvalue weighted by Gasteiger charge is 2.21. The summed E-state index contributed by atoms with van der Waals surface area (Å²) in [7, 11) is 0. The maximum absolute atomic E-state index is 13.8. The molecular formula is C16H15FN6O. The fourth-order valence-corrected chi connectivity index (χ4v) is 2.74. The lowest BCUT2D eigenvalue weighted by molar-refractivity contribution is 0.576. The van der Waals surface area contributed by atoms with Gasteiger partial charge in [-0.25, -0.2) is 14.4 Å². The highest BCUT2D eigenvalue weighted by Crippen LogP contribution is 2.21. The average molecular weight is 326 g/mol. The van der Waals surface area contributed by atoms with E-state index in [1.807, 2.05) is 29.2 Å². The van der Waals surface area contributed by atoms with Gasteiger partial charge in [-0.15, -0.1) is 10.2 Å². The molecule has 1 aliphatic heterocycles. The second-order valence-electron chi connectivity index (χ2n) is 5.42. The summed E-state index contributed by atoms with van der Waals surface area (Å²) in [5.74, 6) is 1.45. The molecular weight excluding hydrogens is 311 g/mol. The van der Waals surface area contributed by atoms with Crippen LogP contribution >= 0.6 is 0 Å². The van der Waals surface area contributed by atoms with Crippen LogP contribution in [0.1, 0.15) is 0 Å². The normalized spacial score (nSPS) is 14.9. The van der Waals surface area contributed by atoms with Crippen LogP contribution in [0.5, 0.6) is 0 Å². The van der Waals surface area contributed by atoms with Crippen LogP contribution in [0.2, 0.25) is 0 Å². The van der Waals surface area contributed by atoms with Gasteiger partial charge >= 0.3 is 0 Å². The molecule has 1 fully saturated rings. The number of furan rings is 1. The Hall–Kier alpha value is -3.03. The first-order valence-corrected chi connectivity index (χ1v) is 7.64. The summed E-state index contributed by atoms with van der Waals surface area (Å²) in [6.45, 7) is 2.77. The highest BCUT2D eigenvalue weighted by atomic mass is 19.1. The van der Waals surface area contributed by atoms with Crippen LogP contribution in [-0.4, -0.2) is 46.3 Å².